The molecule has 2 aromatic rings. The molecule has 0 aliphatic carbocycles. The molecule has 156 valence electrons. The van der Waals surface area contributed by atoms with E-state index in [0.717, 1.165) is 0 Å². The highest BCUT2D eigenvalue weighted by Crippen LogP contribution is 2.15. The summed E-state index contributed by atoms with van der Waals surface area (Å²) in [5, 5.41) is 24.5. The zero-order valence-electron chi connectivity index (χ0n) is 16.1. The second kappa shape index (κ2) is 9.82. The first-order valence-corrected chi connectivity index (χ1v) is 8.66. The van der Waals surface area contributed by atoms with Crippen molar-refractivity contribution in [2.75, 3.05) is 7.11 Å². The highest BCUT2D eigenvalue weighted by molar-refractivity contribution is 6.06. The minimum Gasteiger partial charge on any atom is -0.497 e. The number of aliphatic carboxylic acids is 1. The molecule has 3 N–H and O–H groups in total. The minimum absolute atomic E-state index is 0.139. The molecule has 0 bridgehead atoms. The summed E-state index contributed by atoms with van der Waals surface area (Å²) in [6.07, 6.45) is 1.29. The Morgan fingerprint density at radius 3 is 2.20 bits per heavy atom. The molecule has 1 atom stereocenters. The van der Waals surface area contributed by atoms with Crippen LogP contribution in [0.1, 0.15) is 22.8 Å². The van der Waals surface area contributed by atoms with Gasteiger partial charge in [-0.3, -0.25) is 24.5 Å². The van der Waals surface area contributed by atoms with E-state index in [9.17, 15) is 24.5 Å². The summed E-state index contributed by atoms with van der Waals surface area (Å²) in [6.45, 7) is 1.27. The first-order chi connectivity index (χ1) is 14.2. The Morgan fingerprint density at radius 2 is 1.70 bits per heavy atom. The molecular weight excluding hydrogens is 394 g/mol. The number of nitrogens with one attached hydrogen (secondary N) is 2. The van der Waals surface area contributed by atoms with Gasteiger partial charge in [-0.1, -0.05) is 0 Å². The summed E-state index contributed by atoms with van der Waals surface area (Å²) in [4.78, 5) is 46.3. The van der Waals surface area contributed by atoms with Crippen LogP contribution < -0.4 is 15.4 Å². The maximum Gasteiger partial charge on any atom is 0.325 e. The van der Waals surface area contributed by atoms with Crippen LogP contribution in [0.15, 0.2) is 54.2 Å². The zero-order chi connectivity index (χ0) is 22.3. The van der Waals surface area contributed by atoms with Crippen LogP contribution in [-0.4, -0.2) is 41.0 Å². The van der Waals surface area contributed by atoms with Gasteiger partial charge in [0.2, 0.25) is 0 Å². The number of carbonyl (C=O) groups is 3. The molecular formula is C20H19N3O7. The molecule has 2 rings (SSSR count). The lowest BCUT2D eigenvalue weighted by molar-refractivity contribution is -0.384. The Hall–Kier alpha value is -4.21. The molecule has 2 aromatic carbocycles. The molecule has 30 heavy (non-hydrogen) atoms. The normalized spacial score (nSPS) is 11.9. The third-order valence-electron chi connectivity index (χ3n) is 3.98. The summed E-state index contributed by atoms with van der Waals surface area (Å²) in [7, 11) is 1.48. The molecule has 0 unspecified atom stereocenters. The van der Waals surface area contributed by atoms with E-state index in [4.69, 9.17) is 9.84 Å². The maximum absolute atomic E-state index is 12.5. The molecule has 10 nitrogen and oxygen atoms in total. The Balaban J connectivity index is 2.31. The van der Waals surface area contributed by atoms with E-state index in [2.05, 4.69) is 10.6 Å². The second-order valence-corrected chi connectivity index (χ2v) is 6.12. The molecule has 0 aliphatic heterocycles. The van der Waals surface area contributed by atoms with Gasteiger partial charge in [0.15, 0.2) is 0 Å². The van der Waals surface area contributed by atoms with Gasteiger partial charge in [-0.2, -0.15) is 0 Å². The van der Waals surface area contributed by atoms with Crippen molar-refractivity contribution in [3.63, 3.8) is 0 Å². The number of carboxylic acid groups (broad SMARTS) is 1. The van der Waals surface area contributed by atoms with Gasteiger partial charge in [0.05, 0.1) is 12.0 Å². The number of rotatable bonds is 8. The van der Waals surface area contributed by atoms with Crippen molar-refractivity contribution in [3.8, 4) is 5.75 Å². The van der Waals surface area contributed by atoms with E-state index in [1.165, 1.54) is 56.5 Å². The number of hydrogen-bond acceptors (Lipinski definition) is 6. The number of ether oxygens (including phenoxy) is 1. The third kappa shape index (κ3) is 5.89. The highest BCUT2D eigenvalue weighted by Gasteiger charge is 2.20. The van der Waals surface area contributed by atoms with Crippen LogP contribution in [-0.2, 0) is 9.59 Å². The molecule has 0 saturated carbocycles. The van der Waals surface area contributed by atoms with E-state index in [0.29, 0.717) is 11.3 Å². The molecule has 0 heterocycles. The average Bonchev–Trinajstić information content (AvgIpc) is 2.73. The van der Waals surface area contributed by atoms with Crippen LogP contribution in [0.25, 0.3) is 6.08 Å². The number of amides is 2. The Morgan fingerprint density at radius 1 is 1.10 bits per heavy atom. The molecule has 0 saturated heterocycles. The Kier molecular flexibility index (Phi) is 7.23. The fraction of sp³-hybridized carbons (Fsp3) is 0.150. The lowest BCUT2D eigenvalue weighted by atomic mass is 10.1. The lowest BCUT2D eigenvalue weighted by Gasteiger charge is -2.13. The van der Waals surface area contributed by atoms with Crippen LogP contribution in [0, 0.1) is 10.1 Å². The topological polar surface area (TPSA) is 148 Å². The molecule has 10 heteroatoms. The van der Waals surface area contributed by atoms with Gasteiger partial charge in [-0.15, -0.1) is 0 Å². The maximum atomic E-state index is 12.5. The number of nitrogens with zero attached hydrogens (tertiary/aromatic N) is 1. The fourth-order valence-electron chi connectivity index (χ4n) is 2.29. The number of methoxy groups -OCH3 is 1. The smallest absolute Gasteiger partial charge is 0.325 e. The van der Waals surface area contributed by atoms with Crippen molar-refractivity contribution in [1.29, 1.82) is 0 Å². The Bertz CT molecular complexity index is 982. The van der Waals surface area contributed by atoms with Gasteiger partial charge < -0.3 is 20.5 Å². The van der Waals surface area contributed by atoms with Gasteiger partial charge >= 0.3 is 5.97 Å². The van der Waals surface area contributed by atoms with Gasteiger partial charge in [0.1, 0.15) is 17.5 Å². The largest absolute Gasteiger partial charge is 0.497 e. The summed E-state index contributed by atoms with van der Waals surface area (Å²) in [6, 6.07) is 10.2. The standard InChI is InChI=1S/C20H19N3O7/c1-12(20(26)27)21-19(25)17(11-13-3-7-15(8-4-13)23(28)29)22-18(24)14-5-9-16(30-2)10-6-14/h3-12H,1-2H3,(H,21,25)(H,22,24)(H,26,27)/b17-11-/t12-/m0/s1. The summed E-state index contributed by atoms with van der Waals surface area (Å²) in [5.74, 6) is -2.14. The quantitative estimate of drug-likeness (QED) is 0.340. The van der Waals surface area contributed by atoms with E-state index < -0.39 is 28.7 Å². The fourth-order valence-corrected chi connectivity index (χ4v) is 2.29. The number of nitro benzene ring substituents is 1. The van der Waals surface area contributed by atoms with Crippen molar-refractivity contribution in [1.82, 2.24) is 10.6 Å². The predicted octanol–water partition coefficient (Wildman–Crippen LogP) is 1.96. The van der Waals surface area contributed by atoms with Crippen molar-refractivity contribution in [2.45, 2.75) is 13.0 Å². The predicted molar refractivity (Wildman–Crippen MR) is 107 cm³/mol. The van der Waals surface area contributed by atoms with Crippen molar-refractivity contribution in [3.05, 3.63) is 75.5 Å². The Labute approximate surface area is 171 Å². The summed E-state index contributed by atoms with van der Waals surface area (Å²) < 4.78 is 5.03. The first-order valence-electron chi connectivity index (χ1n) is 8.66. The van der Waals surface area contributed by atoms with E-state index >= 15 is 0 Å². The van der Waals surface area contributed by atoms with Crippen LogP contribution in [0.2, 0.25) is 0 Å². The second-order valence-electron chi connectivity index (χ2n) is 6.12. The van der Waals surface area contributed by atoms with Gasteiger partial charge in [0, 0.05) is 17.7 Å². The number of benzene rings is 2. The molecule has 0 spiro atoms. The number of hydrogen-bond donors (Lipinski definition) is 3. The average molecular weight is 413 g/mol. The first kappa shape index (κ1) is 22.1. The number of carboxylic acids is 1. The highest BCUT2D eigenvalue weighted by atomic mass is 16.6. The monoisotopic (exact) mass is 413 g/mol. The summed E-state index contributed by atoms with van der Waals surface area (Å²) in [5.41, 5.74) is 0.269. The number of carbonyl (C=O) groups excluding carboxylic acids is 2. The van der Waals surface area contributed by atoms with E-state index in [1.54, 1.807) is 12.1 Å². The van der Waals surface area contributed by atoms with E-state index in [1.807, 2.05) is 0 Å². The van der Waals surface area contributed by atoms with Crippen LogP contribution in [0.5, 0.6) is 5.75 Å². The summed E-state index contributed by atoms with van der Waals surface area (Å²) >= 11 is 0. The molecule has 2 amide bonds. The lowest BCUT2D eigenvalue weighted by Crippen LogP contribution is -2.42. The molecule has 0 aliphatic rings. The zero-order valence-corrected chi connectivity index (χ0v) is 16.1. The van der Waals surface area contributed by atoms with Crippen molar-refractivity contribution in [2.24, 2.45) is 0 Å². The van der Waals surface area contributed by atoms with Crippen molar-refractivity contribution >= 4 is 29.5 Å². The third-order valence-corrected chi connectivity index (χ3v) is 3.98. The van der Waals surface area contributed by atoms with Gasteiger partial charge in [-0.05, 0) is 55.0 Å². The SMILES string of the molecule is COc1ccc(C(=O)N/C(=C\c2ccc([N+](=O)[O-])cc2)C(=O)N[C@@H](C)C(=O)O)cc1. The van der Waals surface area contributed by atoms with Gasteiger partial charge in [-0.25, -0.2) is 0 Å². The van der Waals surface area contributed by atoms with Crippen LogP contribution in [0.4, 0.5) is 5.69 Å². The molecule has 0 aromatic heterocycles. The van der Waals surface area contributed by atoms with Crippen LogP contribution in [0.3, 0.4) is 0 Å². The van der Waals surface area contributed by atoms with Gasteiger partial charge in [0.25, 0.3) is 17.5 Å². The molecule has 0 fully saturated rings. The van der Waals surface area contributed by atoms with Crippen molar-refractivity contribution < 1.29 is 29.2 Å². The van der Waals surface area contributed by atoms with Crippen LogP contribution >= 0.6 is 0 Å². The number of non-ortho nitro benzene ring substituents is 1. The number of nitro groups is 1. The minimum atomic E-state index is -1.25. The molecule has 0 radical (unpaired) electrons. The van der Waals surface area contributed by atoms with E-state index in [-0.39, 0.29) is 16.9 Å².